The summed E-state index contributed by atoms with van der Waals surface area (Å²) in [7, 11) is 3.48. The zero-order valence-corrected chi connectivity index (χ0v) is 11.8. The van der Waals surface area contributed by atoms with Crippen molar-refractivity contribution in [2.24, 2.45) is 0 Å². The molecule has 1 unspecified atom stereocenters. The Balaban J connectivity index is 2.39. The Morgan fingerprint density at radius 1 is 1.28 bits per heavy atom. The number of hydrogen-bond acceptors (Lipinski definition) is 4. The van der Waals surface area contributed by atoms with Crippen LogP contribution in [-0.4, -0.2) is 24.1 Å². The summed E-state index contributed by atoms with van der Waals surface area (Å²) in [5.41, 5.74) is 1.03. The number of hydrogen-bond donors (Lipinski definition) is 1. The Bertz CT molecular complexity index is 519. The van der Waals surface area contributed by atoms with Crippen molar-refractivity contribution in [2.45, 2.75) is 6.10 Å². The number of benzene rings is 1. The van der Waals surface area contributed by atoms with Crippen LogP contribution in [0.4, 0.5) is 5.82 Å². The SMILES string of the molecule is CNc1nc(C(OC)c2ccccc2)ncc1Br. The van der Waals surface area contributed by atoms with Crippen molar-refractivity contribution in [2.75, 3.05) is 19.5 Å². The van der Waals surface area contributed by atoms with Gasteiger partial charge in [0.15, 0.2) is 5.82 Å². The van der Waals surface area contributed by atoms with Crippen molar-refractivity contribution in [3.05, 3.63) is 52.4 Å². The summed E-state index contributed by atoms with van der Waals surface area (Å²) >= 11 is 3.39. The minimum Gasteiger partial charge on any atom is -0.372 e. The van der Waals surface area contributed by atoms with Gasteiger partial charge in [-0.2, -0.15) is 0 Å². The highest BCUT2D eigenvalue weighted by Gasteiger charge is 2.17. The van der Waals surface area contributed by atoms with Gasteiger partial charge in [0, 0.05) is 20.4 Å². The summed E-state index contributed by atoms with van der Waals surface area (Å²) in [6.07, 6.45) is 1.47. The van der Waals surface area contributed by atoms with Gasteiger partial charge in [0.25, 0.3) is 0 Å². The standard InChI is InChI=1S/C13H14BrN3O/c1-15-12-10(14)8-16-13(17-12)11(18-2)9-6-4-3-5-7-9/h3-8,11H,1-2H3,(H,15,16,17). The fraction of sp³-hybridized carbons (Fsp3) is 0.231. The predicted molar refractivity (Wildman–Crippen MR) is 74.6 cm³/mol. The van der Waals surface area contributed by atoms with Crippen LogP contribution in [-0.2, 0) is 4.74 Å². The Morgan fingerprint density at radius 3 is 2.61 bits per heavy atom. The highest BCUT2D eigenvalue weighted by atomic mass is 79.9. The normalized spacial score (nSPS) is 12.2. The van der Waals surface area contributed by atoms with Gasteiger partial charge in [-0.1, -0.05) is 30.3 Å². The minimum atomic E-state index is -0.258. The number of halogens is 1. The van der Waals surface area contributed by atoms with E-state index in [0.717, 1.165) is 15.9 Å². The molecule has 2 rings (SSSR count). The van der Waals surface area contributed by atoms with Crippen LogP contribution in [0.3, 0.4) is 0 Å². The average Bonchev–Trinajstić information content (AvgIpc) is 2.42. The maximum atomic E-state index is 5.49. The lowest BCUT2D eigenvalue weighted by Gasteiger charge is -2.15. The molecule has 94 valence electrons. The molecule has 0 aliphatic rings. The molecule has 5 heteroatoms. The largest absolute Gasteiger partial charge is 0.372 e. The molecule has 0 aliphatic carbocycles. The molecule has 1 heterocycles. The van der Waals surface area contributed by atoms with Gasteiger partial charge in [0.05, 0.1) is 4.47 Å². The van der Waals surface area contributed by atoms with Gasteiger partial charge in [0.2, 0.25) is 0 Å². The molecule has 0 saturated carbocycles. The van der Waals surface area contributed by atoms with E-state index in [1.807, 2.05) is 37.4 Å². The van der Waals surface area contributed by atoms with E-state index in [2.05, 4.69) is 31.2 Å². The van der Waals surface area contributed by atoms with Gasteiger partial charge >= 0.3 is 0 Å². The summed E-state index contributed by atoms with van der Waals surface area (Å²) < 4.78 is 6.32. The Kier molecular flexibility index (Phi) is 4.28. The van der Waals surface area contributed by atoms with Gasteiger partial charge in [-0.3, -0.25) is 0 Å². The van der Waals surface area contributed by atoms with Crippen molar-refractivity contribution in [1.82, 2.24) is 9.97 Å². The second-order valence-electron chi connectivity index (χ2n) is 3.70. The minimum absolute atomic E-state index is 0.258. The second kappa shape index (κ2) is 5.93. The average molecular weight is 308 g/mol. The van der Waals surface area contributed by atoms with Crippen LogP contribution in [0.2, 0.25) is 0 Å². The number of aromatic nitrogens is 2. The van der Waals surface area contributed by atoms with E-state index in [0.29, 0.717) is 5.82 Å². The van der Waals surface area contributed by atoms with Crippen LogP contribution < -0.4 is 5.32 Å². The molecule has 1 aromatic heterocycles. The molecule has 0 spiro atoms. The smallest absolute Gasteiger partial charge is 0.164 e. The van der Waals surface area contributed by atoms with Gasteiger partial charge in [-0.05, 0) is 21.5 Å². The molecule has 18 heavy (non-hydrogen) atoms. The van der Waals surface area contributed by atoms with E-state index in [1.165, 1.54) is 0 Å². The third-order valence-corrected chi connectivity index (χ3v) is 3.15. The molecule has 0 saturated heterocycles. The quantitative estimate of drug-likeness (QED) is 0.943. The lowest BCUT2D eigenvalue weighted by atomic mass is 10.1. The van der Waals surface area contributed by atoms with Gasteiger partial charge in [-0.25, -0.2) is 9.97 Å². The lowest BCUT2D eigenvalue weighted by Crippen LogP contribution is -2.09. The molecule has 4 nitrogen and oxygen atoms in total. The maximum Gasteiger partial charge on any atom is 0.164 e. The summed E-state index contributed by atoms with van der Waals surface area (Å²) in [4.78, 5) is 8.76. The first-order valence-corrected chi connectivity index (χ1v) is 6.33. The molecule has 0 bridgehead atoms. The highest BCUT2D eigenvalue weighted by Crippen LogP contribution is 2.25. The zero-order chi connectivity index (χ0) is 13.0. The number of nitrogens with one attached hydrogen (secondary N) is 1. The topological polar surface area (TPSA) is 47.0 Å². The molecule has 0 radical (unpaired) electrons. The monoisotopic (exact) mass is 307 g/mol. The molecule has 0 aliphatic heterocycles. The molecule has 1 N–H and O–H groups in total. The van der Waals surface area contributed by atoms with Crippen molar-refractivity contribution < 1.29 is 4.74 Å². The maximum absolute atomic E-state index is 5.49. The van der Waals surface area contributed by atoms with Crippen molar-refractivity contribution in [3.8, 4) is 0 Å². The van der Waals surface area contributed by atoms with E-state index in [9.17, 15) is 0 Å². The highest BCUT2D eigenvalue weighted by molar-refractivity contribution is 9.10. The number of anilines is 1. The van der Waals surface area contributed by atoms with Crippen molar-refractivity contribution in [1.29, 1.82) is 0 Å². The Labute approximate surface area is 115 Å². The number of nitrogens with zero attached hydrogens (tertiary/aromatic N) is 2. The molecule has 0 amide bonds. The summed E-state index contributed by atoms with van der Waals surface area (Å²) in [5, 5.41) is 3.01. The summed E-state index contributed by atoms with van der Waals surface area (Å²) in [6.45, 7) is 0. The molecular weight excluding hydrogens is 294 g/mol. The molecule has 1 atom stereocenters. The first kappa shape index (κ1) is 13.0. The second-order valence-corrected chi connectivity index (χ2v) is 4.56. The van der Waals surface area contributed by atoms with Crippen LogP contribution in [0.5, 0.6) is 0 Å². The predicted octanol–water partition coefficient (Wildman–Crippen LogP) is 3.02. The Morgan fingerprint density at radius 2 is 2.00 bits per heavy atom. The van der Waals surface area contributed by atoms with E-state index < -0.39 is 0 Å². The van der Waals surface area contributed by atoms with Gasteiger partial charge < -0.3 is 10.1 Å². The van der Waals surface area contributed by atoms with Crippen LogP contribution in [0, 0.1) is 0 Å². The van der Waals surface area contributed by atoms with Gasteiger partial charge in [0.1, 0.15) is 11.9 Å². The first-order valence-electron chi connectivity index (χ1n) is 5.54. The summed E-state index contributed by atoms with van der Waals surface area (Å²) in [6, 6.07) is 9.91. The van der Waals surface area contributed by atoms with Crippen LogP contribution in [0.15, 0.2) is 41.0 Å². The third-order valence-electron chi connectivity index (χ3n) is 2.57. The van der Waals surface area contributed by atoms with Crippen LogP contribution in [0.1, 0.15) is 17.5 Å². The number of ether oxygens (including phenoxy) is 1. The van der Waals surface area contributed by atoms with E-state index >= 15 is 0 Å². The summed E-state index contributed by atoms with van der Waals surface area (Å²) in [5.74, 6) is 1.38. The fourth-order valence-electron chi connectivity index (χ4n) is 1.70. The zero-order valence-electron chi connectivity index (χ0n) is 10.2. The van der Waals surface area contributed by atoms with Crippen LogP contribution in [0.25, 0.3) is 0 Å². The number of rotatable bonds is 4. The van der Waals surface area contributed by atoms with E-state index in [-0.39, 0.29) is 6.10 Å². The Hall–Kier alpha value is -1.46. The molecule has 0 fully saturated rings. The van der Waals surface area contributed by atoms with Crippen molar-refractivity contribution in [3.63, 3.8) is 0 Å². The number of methoxy groups -OCH3 is 1. The van der Waals surface area contributed by atoms with E-state index in [4.69, 9.17) is 4.74 Å². The van der Waals surface area contributed by atoms with Crippen LogP contribution >= 0.6 is 15.9 Å². The molecule has 2 aromatic rings. The third kappa shape index (κ3) is 2.68. The van der Waals surface area contributed by atoms with Crippen molar-refractivity contribution >= 4 is 21.7 Å². The van der Waals surface area contributed by atoms with E-state index in [1.54, 1.807) is 13.3 Å². The molecular formula is C13H14BrN3O. The first-order chi connectivity index (χ1) is 8.76. The molecule has 1 aromatic carbocycles. The lowest BCUT2D eigenvalue weighted by molar-refractivity contribution is 0.129. The fourth-order valence-corrected chi connectivity index (χ4v) is 2.09. The van der Waals surface area contributed by atoms with Gasteiger partial charge in [-0.15, -0.1) is 0 Å².